The number of benzene rings is 1. The first-order valence-corrected chi connectivity index (χ1v) is 8.40. The molecule has 138 valence electrons. The number of esters is 2. The van der Waals surface area contributed by atoms with Crippen LogP contribution in [0.5, 0.6) is 0 Å². The molecule has 7 heteroatoms. The van der Waals surface area contributed by atoms with Crippen molar-refractivity contribution in [3.63, 3.8) is 0 Å². The Kier molecular flexibility index (Phi) is 6.21. The van der Waals surface area contributed by atoms with E-state index in [0.717, 1.165) is 0 Å². The summed E-state index contributed by atoms with van der Waals surface area (Å²) in [6, 6.07) is 6.81. The van der Waals surface area contributed by atoms with Crippen LogP contribution in [0.2, 0.25) is 5.02 Å². The average Bonchev–Trinajstić information content (AvgIpc) is 2.59. The van der Waals surface area contributed by atoms with Gasteiger partial charge in [0, 0.05) is 10.7 Å². The number of methoxy groups -OCH3 is 1. The SMILES string of the molecule is COC(=O)C1=C(C=O)NC(C)=C(C(=O)OC(C)C)C1c1ccccc1Cl. The minimum atomic E-state index is -0.885. The Balaban J connectivity index is 2.74. The number of hydrogen-bond donors (Lipinski definition) is 1. The van der Waals surface area contributed by atoms with Gasteiger partial charge in [-0.25, -0.2) is 9.59 Å². The smallest absolute Gasteiger partial charge is 0.337 e. The molecule has 0 aliphatic carbocycles. The summed E-state index contributed by atoms with van der Waals surface area (Å²) in [4.78, 5) is 36.7. The number of aldehydes is 1. The highest BCUT2D eigenvalue weighted by Crippen LogP contribution is 2.41. The van der Waals surface area contributed by atoms with Crippen molar-refractivity contribution in [3.05, 3.63) is 57.4 Å². The molecular weight excluding hydrogens is 358 g/mol. The van der Waals surface area contributed by atoms with Crippen molar-refractivity contribution in [1.82, 2.24) is 5.32 Å². The molecule has 1 aliphatic rings. The third-order valence-electron chi connectivity index (χ3n) is 3.90. The maximum Gasteiger partial charge on any atom is 0.337 e. The fourth-order valence-electron chi connectivity index (χ4n) is 2.85. The maximum atomic E-state index is 12.7. The summed E-state index contributed by atoms with van der Waals surface area (Å²) >= 11 is 6.33. The molecule has 1 aliphatic heterocycles. The first-order valence-electron chi connectivity index (χ1n) is 8.02. The number of dihydropyridines is 1. The zero-order valence-corrected chi connectivity index (χ0v) is 15.7. The zero-order valence-electron chi connectivity index (χ0n) is 15.0. The number of ether oxygens (including phenoxy) is 2. The van der Waals surface area contributed by atoms with Crippen LogP contribution >= 0.6 is 11.6 Å². The van der Waals surface area contributed by atoms with Gasteiger partial charge in [-0.1, -0.05) is 29.8 Å². The van der Waals surface area contributed by atoms with E-state index in [-0.39, 0.29) is 22.9 Å². The Morgan fingerprint density at radius 1 is 1.19 bits per heavy atom. The third kappa shape index (κ3) is 3.80. The van der Waals surface area contributed by atoms with E-state index in [1.54, 1.807) is 45.0 Å². The summed E-state index contributed by atoms with van der Waals surface area (Å²) in [7, 11) is 1.21. The molecule has 0 spiro atoms. The van der Waals surface area contributed by atoms with E-state index in [4.69, 9.17) is 21.1 Å². The van der Waals surface area contributed by atoms with E-state index in [1.807, 2.05) is 0 Å². The number of rotatable bonds is 5. The molecule has 0 bridgehead atoms. The summed E-state index contributed by atoms with van der Waals surface area (Å²) in [5, 5.41) is 3.16. The lowest BCUT2D eigenvalue weighted by atomic mass is 9.80. The lowest BCUT2D eigenvalue weighted by Gasteiger charge is -2.30. The fraction of sp³-hybridized carbons (Fsp3) is 0.316. The minimum Gasteiger partial charge on any atom is -0.466 e. The Morgan fingerprint density at radius 2 is 1.85 bits per heavy atom. The highest BCUT2D eigenvalue weighted by Gasteiger charge is 2.39. The Hall–Kier alpha value is -2.60. The van der Waals surface area contributed by atoms with Gasteiger partial charge in [0.05, 0.1) is 36.0 Å². The maximum absolute atomic E-state index is 12.7. The first-order chi connectivity index (χ1) is 12.3. The van der Waals surface area contributed by atoms with Crippen LogP contribution in [0, 0.1) is 0 Å². The molecule has 0 saturated carbocycles. The van der Waals surface area contributed by atoms with Gasteiger partial charge in [0.1, 0.15) is 0 Å². The summed E-state index contributed by atoms with van der Waals surface area (Å²) < 4.78 is 10.2. The molecule has 0 aromatic heterocycles. The molecule has 1 atom stereocenters. The molecule has 2 rings (SSSR count). The molecule has 0 saturated heterocycles. The van der Waals surface area contributed by atoms with Crippen LogP contribution in [0.1, 0.15) is 32.3 Å². The molecule has 26 heavy (non-hydrogen) atoms. The molecule has 0 fully saturated rings. The van der Waals surface area contributed by atoms with Crippen LogP contribution in [-0.2, 0) is 23.9 Å². The summed E-state index contributed by atoms with van der Waals surface area (Å²) in [5.41, 5.74) is 1.16. The second kappa shape index (κ2) is 8.19. The Labute approximate surface area is 156 Å². The van der Waals surface area contributed by atoms with Gasteiger partial charge in [-0.2, -0.15) is 0 Å². The van der Waals surface area contributed by atoms with Crippen LogP contribution < -0.4 is 5.32 Å². The van der Waals surface area contributed by atoms with Crippen LogP contribution in [0.15, 0.2) is 46.8 Å². The second-order valence-electron chi connectivity index (χ2n) is 6.01. The zero-order chi connectivity index (χ0) is 19.4. The minimum absolute atomic E-state index is 0.0110. The van der Waals surface area contributed by atoms with Gasteiger partial charge in [0.2, 0.25) is 0 Å². The van der Waals surface area contributed by atoms with Gasteiger partial charge in [0.15, 0.2) is 6.29 Å². The number of allylic oxidation sites excluding steroid dienone is 2. The van der Waals surface area contributed by atoms with E-state index in [9.17, 15) is 14.4 Å². The monoisotopic (exact) mass is 377 g/mol. The van der Waals surface area contributed by atoms with Gasteiger partial charge in [-0.15, -0.1) is 0 Å². The van der Waals surface area contributed by atoms with Crippen molar-refractivity contribution in [3.8, 4) is 0 Å². The average molecular weight is 378 g/mol. The normalized spacial score (nSPS) is 17.1. The van der Waals surface area contributed by atoms with Crippen LogP contribution in [-0.4, -0.2) is 31.4 Å². The van der Waals surface area contributed by atoms with Crippen molar-refractivity contribution >= 4 is 29.8 Å². The van der Waals surface area contributed by atoms with E-state index >= 15 is 0 Å². The topological polar surface area (TPSA) is 81.7 Å². The number of nitrogens with one attached hydrogen (secondary N) is 1. The lowest BCUT2D eigenvalue weighted by molar-refractivity contribution is -0.143. The summed E-state index contributed by atoms with van der Waals surface area (Å²) in [6.07, 6.45) is 0.164. The molecule has 1 unspecified atom stereocenters. The van der Waals surface area contributed by atoms with Gasteiger partial charge in [-0.05, 0) is 32.4 Å². The Bertz CT molecular complexity index is 810. The van der Waals surface area contributed by atoms with Crippen molar-refractivity contribution in [2.24, 2.45) is 0 Å². The predicted molar refractivity (Wildman–Crippen MR) is 96.4 cm³/mol. The largest absolute Gasteiger partial charge is 0.466 e. The van der Waals surface area contributed by atoms with Crippen molar-refractivity contribution in [2.45, 2.75) is 32.8 Å². The van der Waals surface area contributed by atoms with E-state index in [1.165, 1.54) is 7.11 Å². The van der Waals surface area contributed by atoms with Crippen molar-refractivity contribution < 1.29 is 23.9 Å². The lowest BCUT2D eigenvalue weighted by Crippen LogP contribution is -2.34. The molecular formula is C19H20ClNO5. The number of carbonyl (C=O) groups is 3. The van der Waals surface area contributed by atoms with Gasteiger partial charge < -0.3 is 14.8 Å². The van der Waals surface area contributed by atoms with Crippen LogP contribution in [0.25, 0.3) is 0 Å². The van der Waals surface area contributed by atoms with Gasteiger partial charge in [0.25, 0.3) is 0 Å². The fourth-order valence-corrected chi connectivity index (χ4v) is 3.10. The number of hydrogen-bond acceptors (Lipinski definition) is 6. The molecule has 6 nitrogen and oxygen atoms in total. The van der Waals surface area contributed by atoms with Crippen molar-refractivity contribution in [2.75, 3.05) is 7.11 Å². The van der Waals surface area contributed by atoms with Crippen molar-refractivity contribution in [1.29, 1.82) is 0 Å². The summed E-state index contributed by atoms with van der Waals surface area (Å²) in [6.45, 7) is 5.09. The first kappa shape index (κ1) is 19.7. The van der Waals surface area contributed by atoms with Crippen LogP contribution in [0.3, 0.4) is 0 Å². The molecule has 1 aromatic rings. The van der Waals surface area contributed by atoms with Gasteiger partial charge in [-0.3, -0.25) is 4.79 Å². The number of carbonyl (C=O) groups excluding carboxylic acids is 3. The number of halogens is 1. The van der Waals surface area contributed by atoms with E-state index in [2.05, 4.69) is 5.32 Å². The highest BCUT2D eigenvalue weighted by molar-refractivity contribution is 6.31. The van der Waals surface area contributed by atoms with Crippen LogP contribution in [0.4, 0.5) is 0 Å². The van der Waals surface area contributed by atoms with E-state index < -0.39 is 17.9 Å². The Morgan fingerprint density at radius 3 is 2.38 bits per heavy atom. The molecule has 1 aromatic carbocycles. The van der Waals surface area contributed by atoms with Gasteiger partial charge >= 0.3 is 11.9 Å². The molecule has 0 amide bonds. The predicted octanol–water partition coefficient (Wildman–Crippen LogP) is 2.88. The second-order valence-corrected chi connectivity index (χ2v) is 6.42. The standard InChI is InChI=1S/C19H20ClNO5/c1-10(2)26-19(24)15-11(3)21-14(9-22)17(18(23)25-4)16(15)12-7-5-6-8-13(12)20/h5-10,16,21H,1-4H3. The third-order valence-corrected chi connectivity index (χ3v) is 4.24. The van der Waals surface area contributed by atoms with E-state index in [0.29, 0.717) is 22.6 Å². The molecule has 1 N–H and O–H groups in total. The molecule has 0 radical (unpaired) electrons. The molecule has 1 heterocycles. The highest BCUT2D eigenvalue weighted by atomic mass is 35.5. The quantitative estimate of drug-likeness (QED) is 0.627. The summed E-state index contributed by atoms with van der Waals surface area (Å²) in [5.74, 6) is -2.21.